The van der Waals surface area contributed by atoms with Crippen LogP contribution in [0.25, 0.3) is 0 Å². The van der Waals surface area contributed by atoms with Crippen LogP contribution in [0.5, 0.6) is 0 Å². The van der Waals surface area contributed by atoms with Gasteiger partial charge in [-0.15, -0.1) is 0 Å². The highest BCUT2D eigenvalue weighted by Crippen LogP contribution is 2.42. The summed E-state index contributed by atoms with van der Waals surface area (Å²) in [5.74, 6) is 0. The van der Waals surface area contributed by atoms with Gasteiger partial charge in [-0.3, -0.25) is 0 Å². The van der Waals surface area contributed by atoms with E-state index in [0.717, 1.165) is 25.0 Å². The first-order chi connectivity index (χ1) is 4.93. The van der Waals surface area contributed by atoms with Gasteiger partial charge >= 0.3 is 8.60 Å². The second kappa shape index (κ2) is 5.44. The zero-order valence-electron chi connectivity index (χ0n) is 5.59. The summed E-state index contributed by atoms with van der Waals surface area (Å²) in [5, 5.41) is 0.832. The molecule has 0 bridgehead atoms. The van der Waals surface area contributed by atoms with Crippen LogP contribution in [-0.4, -0.2) is 25.2 Å². The van der Waals surface area contributed by atoms with Gasteiger partial charge in [0, 0.05) is 5.33 Å². The van der Waals surface area contributed by atoms with Gasteiger partial charge < -0.3 is 13.6 Å². The molecule has 60 valence electrons. The van der Waals surface area contributed by atoms with Crippen molar-refractivity contribution in [3.05, 3.63) is 0 Å². The predicted octanol–water partition coefficient (Wildman–Crippen LogP) is 2.06. The molecule has 5 heteroatoms. The molecule has 0 aliphatic carbocycles. The van der Waals surface area contributed by atoms with E-state index in [4.69, 9.17) is 13.6 Å². The van der Waals surface area contributed by atoms with Crippen LogP contribution in [0.2, 0.25) is 0 Å². The predicted molar refractivity (Wildman–Crippen MR) is 43.2 cm³/mol. The lowest BCUT2D eigenvalue weighted by Crippen LogP contribution is -2.07. The molecule has 1 aliphatic heterocycles. The molecule has 0 unspecified atom stereocenters. The summed E-state index contributed by atoms with van der Waals surface area (Å²) in [7, 11) is -1.01. The van der Waals surface area contributed by atoms with Gasteiger partial charge in [-0.05, 0) is 6.42 Å². The van der Waals surface area contributed by atoms with Crippen molar-refractivity contribution in [3.8, 4) is 0 Å². The first kappa shape index (κ1) is 8.88. The SMILES string of the molecule is BrCCOP1OCCCO1. The van der Waals surface area contributed by atoms with Crippen molar-refractivity contribution < 1.29 is 13.6 Å². The Balaban J connectivity index is 2.02. The van der Waals surface area contributed by atoms with Crippen LogP contribution in [0.4, 0.5) is 0 Å². The van der Waals surface area contributed by atoms with Crippen LogP contribution in [-0.2, 0) is 13.6 Å². The van der Waals surface area contributed by atoms with E-state index in [0.29, 0.717) is 6.61 Å². The normalized spacial score (nSPS) is 21.3. The van der Waals surface area contributed by atoms with E-state index in [2.05, 4.69) is 15.9 Å². The van der Waals surface area contributed by atoms with E-state index in [1.807, 2.05) is 0 Å². The van der Waals surface area contributed by atoms with Gasteiger partial charge in [0.2, 0.25) is 0 Å². The molecule has 3 nitrogen and oxygen atoms in total. The first-order valence-corrected chi connectivity index (χ1v) is 5.40. The first-order valence-electron chi connectivity index (χ1n) is 3.18. The van der Waals surface area contributed by atoms with E-state index in [1.165, 1.54) is 0 Å². The van der Waals surface area contributed by atoms with E-state index in [9.17, 15) is 0 Å². The molecule has 0 N–H and O–H groups in total. The quantitative estimate of drug-likeness (QED) is 0.547. The van der Waals surface area contributed by atoms with E-state index in [1.54, 1.807) is 0 Å². The van der Waals surface area contributed by atoms with Crippen molar-refractivity contribution in [2.45, 2.75) is 6.42 Å². The average molecular weight is 229 g/mol. The molecular weight excluding hydrogens is 219 g/mol. The fourth-order valence-corrected chi connectivity index (χ4v) is 1.99. The molecule has 0 aromatic carbocycles. The molecule has 0 aromatic heterocycles. The Morgan fingerprint density at radius 2 is 2.10 bits per heavy atom. The van der Waals surface area contributed by atoms with Gasteiger partial charge in [0.05, 0.1) is 19.8 Å². The third-order valence-corrected chi connectivity index (χ3v) is 2.46. The number of alkyl halides is 1. The van der Waals surface area contributed by atoms with Gasteiger partial charge in [-0.25, -0.2) is 0 Å². The van der Waals surface area contributed by atoms with E-state index in [-0.39, 0.29) is 0 Å². The van der Waals surface area contributed by atoms with Crippen molar-refractivity contribution in [2.24, 2.45) is 0 Å². The van der Waals surface area contributed by atoms with Gasteiger partial charge in [-0.1, -0.05) is 15.9 Å². The zero-order chi connectivity index (χ0) is 7.23. The van der Waals surface area contributed by atoms with E-state index >= 15 is 0 Å². The van der Waals surface area contributed by atoms with Crippen molar-refractivity contribution in [3.63, 3.8) is 0 Å². The third kappa shape index (κ3) is 3.26. The molecular formula is C5H10BrO3P. The molecule has 0 saturated carbocycles. The second-order valence-electron chi connectivity index (χ2n) is 1.77. The minimum atomic E-state index is -1.01. The lowest BCUT2D eigenvalue weighted by Gasteiger charge is -2.20. The summed E-state index contributed by atoms with van der Waals surface area (Å²) < 4.78 is 15.6. The largest absolute Gasteiger partial charge is 0.332 e. The molecule has 0 amide bonds. The highest BCUT2D eigenvalue weighted by molar-refractivity contribution is 9.09. The van der Waals surface area contributed by atoms with E-state index < -0.39 is 8.60 Å². The van der Waals surface area contributed by atoms with Crippen LogP contribution in [0.1, 0.15) is 6.42 Å². The molecule has 0 atom stereocenters. The second-order valence-corrected chi connectivity index (χ2v) is 3.78. The number of hydrogen-bond acceptors (Lipinski definition) is 3. The molecule has 1 rings (SSSR count). The molecule has 0 radical (unpaired) electrons. The molecule has 10 heavy (non-hydrogen) atoms. The molecule has 0 aromatic rings. The summed E-state index contributed by atoms with van der Waals surface area (Å²) in [6.07, 6.45) is 0.983. The summed E-state index contributed by atoms with van der Waals surface area (Å²) in [5.41, 5.74) is 0. The number of halogens is 1. The number of rotatable bonds is 3. The van der Waals surface area contributed by atoms with Crippen LogP contribution in [0.15, 0.2) is 0 Å². The van der Waals surface area contributed by atoms with Gasteiger partial charge in [-0.2, -0.15) is 0 Å². The maximum Gasteiger partial charge on any atom is 0.332 e. The van der Waals surface area contributed by atoms with Crippen LogP contribution in [0, 0.1) is 0 Å². The minimum Gasteiger partial charge on any atom is -0.312 e. The highest BCUT2D eigenvalue weighted by Gasteiger charge is 2.15. The van der Waals surface area contributed by atoms with Crippen molar-refractivity contribution in [1.29, 1.82) is 0 Å². The molecule has 1 saturated heterocycles. The monoisotopic (exact) mass is 228 g/mol. The summed E-state index contributed by atoms with van der Waals surface area (Å²) >= 11 is 3.25. The Labute approximate surface area is 70.2 Å². The molecule has 1 fully saturated rings. The Morgan fingerprint density at radius 3 is 2.70 bits per heavy atom. The zero-order valence-corrected chi connectivity index (χ0v) is 8.07. The molecule has 1 heterocycles. The smallest absolute Gasteiger partial charge is 0.312 e. The lowest BCUT2D eigenvalue weighted by molar-refractivity contribution is 0.120. The van der Waals surface area contributed by atoms with Crippen LogP contribution < -0.4 is 0 Å². The number of hydrogen-bond donors (Lipinski definition) is 0. The standard InChI is InChI=1S/C5H10BrO3P/c6-2-5-9-10-7-3-1-4-8-10/h1-5H2. The van der Waals surface area contributed by atoms with Crippen LogP contribution in [0.3, 0.4) is 0 Å². The fraction of sp³-hybridized carbons (Fsp3) is 1.00. The molecule has 0 spiro atoms. The van der Waals surface area contributed by atoms with Crippen LogP contribution >= 0.6 is 24.5 Å². The van der Waals surface area contributed by atoms with Gasteiger partial charge in [0.1, 0.15) is 0 Å². The molecule has 1 aliphatic rings. The average Bonchev–Trinajstić information content (AvgIpc) is 2.03. The topological polar surface area (TPSA) is 27.7 Å². The Kier molecular flexibility index (Phi) is 4.83. The summed E-state index contributed by atoms with van der Waals surface area (Å²) in [6.45, 7) is 2.20. The van der Waals surface area contributed by atoms with Gasteiger partial charge in [0.25, 0.3) is 0 Å². The highest BCUT2D eigenvalue weighted by atomic mass is 79.9. The summed E-state index contributed by atoms with van der Waals surface area (Å²) in [6, 6.07) is 0. The van der Waals surface area contributed by atoms with Crippen molar-refractivity contribution in [2.75, 3.05) is 25.2 Å². The van der Waals surface area contributed by atoms with Crippen molar-refractivity contribution in [1.82, 2.24) is 0 Å². The summed E-state index contributed by atoms with van der Waals surface area (Å²) in [4.78, 5) is 0. The minimum absolute atomic E-state index is 0.658. The van der Waals surface area contributed by atoms with Crippen molar-refractivity contribution >= 4 is 24.5 Å². The maximum absolute atomic E-state index is 5.21. The maximum atomic E-state index is 5.21. The Morgan fingerprint density at radius 1 is 1.40 bits per heavy atom. The van der Waals surface area contributed by atoms with Gasteiger partial charge in [0.15, 0.2) is 0 Å². The fourth-order valence-electron chi connectivity index (χ4n) is 0.558. The lowest BCUT2D eigenvalue weighted by atomic mass is 10.5. The Hall–Kier alpha value is 0.790. The Bertz CT molecular complexity index is 87.0. The third-order valence-electron chi connectivity index (χ3n) is 0.956.